The number of methoxy groups -OCH3 is 1. The lowest BCUT2D eigenvalue weighted by Crippen LogP contribution is -2.15. The number of carbonyl (C=O) groups is 1. The normalized spacial score (nSPS) is 11.4. The summed E-state index contributed by atoms with van der Waals surface area (Å²) in [7, 11) is 1.50. The monoisotopic (exact) mass is 332 g/mol. The third-order valence-corrected chi connectivity index (χ3v) is 3.86. The molecule has 0 heterocycles. The van der Waals surface area contributed by atoms with Crippen LogP contribution in [0.1, 0.15) is 31.4 Å². The second-order valence-electron chi connectivity index (χ2n) is 6.18. The van der Waals surface area contributed by atoms with E-state index in [9.17, 15) is 14.3 Å². The van der Waals surface area contributed by atoms with Gasteiger partial charge in [-0.05, 0) is 49.6 Å². The van der Waals surface area contributed by atoms with E-state index < -0.39 is 17.4 Å². The fourth-order valence-electron chi connectivity index (χ4n) is 2.49. The zero-order valence-corrected chi connectivity index (χ0v) is 14.0. The maximum Gasteiger partial charge on any atom is 0.303 e. The van der Waals surface area contributed by atoms with Gasteiger partial charge in [-0.15, -0.1) is 0 Å². The first-order valence-corrected chi connectivity index (χ1v) is 7.64. The van der Waals surface area contributed by atoms with Gasteiger partial charge in [0.05, 0.1) is 12.7 Å². The minimum Gasteiger partial charge on any atom is -0.496 e. The minimum atomic E-state index is -1.13. The highest BCUT2D eigenvalue weighted by Crippen LogP contribution is 2.34. The molecule has 5 heteroatoms. The van der Waals surface area contributed by atoms with E-state index in [4.69, 9.17) is 9.84 Å². The molecule has 0 aliphatic heterocycles. The number of ether oxygens (including phenoxy) is 1. The zero-order valence-electron chi connectivity index (χ0n) is 14.0. The fourth-order valence-corrected chi connectivity index (χ4v) is 2.49. The first-order chi connectivity index (χ1) is 11.2. The number of rotatable bonds is 6. The Kier molecular flexibility index (Phi) is 5.24. The SMILES string of the molecule is COc1ccc(CCC(=O)O)cc1-c1ccc(C(C)(C)O)cc1F. The largest absolute Gasteiger partial charge is 0.496 e. The number of benzene rings is 2. The maximum absolute atomic E-state index is 14.6. The molecule has 0 radical (unpaired) electrons. The van der Waals surface area contributed by atoms with Crippen molar-refractivity contribution in [3.8, 4) is 16.9 Å². The third kappa shape index (κ3) is 4.11. The van der Waals surface area contributed by atoms with Gasteiger partial charge in [0.15, 0.2) is 0 Å². The second-order valence-corrected chi connectivity index (χ2v) is 6.18. The molecule has 0 atom stereocenters. The van der Waals surface area contributed by atoms with Crippen LogP contribution in [0.15, 0.2) is 36.4 Å². The number of halogens is 1. The summed E-state index contributed by atoms with van der Waals surface area (Å²) in [6.07, 6.45) is 0.363. The number of aliphatic hydroxyl groups is 1. The van der Waals surface area contributed by atoms with E-state index in [-0.39, 0.29) is 6.42 Å². The highest BCUT2D eigenvalue weighted by atomic mass is 19.1. The van der Waals surface area contributed by atoms with Crippen molar-refractivity contribution in [3.63, 3.8) is 0 Å². The van der Waals surface area contributed by atoms with Gasteiger partial charge < -0.3 is 14.9 Å². The average molecular weight is 332 g/mol. The van der Waals surface area contributed by atoms with Gasteiger partial charge in [0.1, 0.15) is 11.6 Å². The van der Waals surface area contributed by atoms with Crippen LogP contribution in [0, 0.1) is 5.82 Å². The average Bonchev–Trinajstić information content (AvgIpc) is 2.51. The van der Waals surface area contributed by atoms with Crippen LogP contribution in [0.4, 0.5) is 4.39 Å². The first kappa shape index (κ1) is 17.9. The Hall–Kier alpha value is -2.40. The van der Waals surface area contributed by atoms with Gasteiger partial charge >= 0.3 is 5.97 Å². The van der Waals surface area contributed by atoms with Crippen molar-refractivity contribution < 1.29 is 24.1 Å². The zero-order chi connectivity index (χ0) is 17.9. The molecule has 0 unspecified atom stereocenters. The third-order valence-electron chi connectivity index (χ3n) is 3.86. The Morgan fingerprint density at radius 2 is 1.88 bits per heavy atom. The standard InChI is InChI=1S/C19H21FO4/c1-19(2,23)13-6-7-14(16(20)11-13)15-10-12(5-9-18(21)22)4-8-17(15)24-3/h4,6-8,10-11,23H,5,9H2,1-3H3,(H,21,22). The molecule has 2 aromatic rings. The molecule has 0 aromatic heterocycles. The van der Waals surface area contributed by atoms with Gasteiger partial charge in [-0.3, -0.25) is 4.79 Å². The summed E-state index contributed by atoms with van der Waals surface area (Å²) in [6, 6.07) is 9.79. The summed E-state index contributed by atoms with van der Waals surface area (Å²) in [4.78, 5) is 10.7. The molecule has 0 saturated heterocycles. The van der Waals surface area contributed by atoms with Gasteiger partial charge in [-0.25, -0.2) is 4.39 Å². The van der Waals surface area contributed by atoms with Crippen LogP contribution < -0.4 is 4.74 Å². The lowest BCUT2D eigenvalue weighted by molar-refractivity contribution is -0.136. The van der Waals surface area contributed by atoms with E-state index in [1.54, 1.807) is 44.2 Å². The molecular formula is C19H21FO4. The Morgan fingerprint density at radius 3 is 2.42 bits per heavy atom. The topological polar surface area (TPSA) is 66.8 Å². The summed E-state index contributed by atoms with van der Waals surface area (Å²) in [5, 5.41) is 18.8. The molecule has 2 aromatic carbocycles. The minimum absolute atomic E-state index is 0.00584. The lowest BCUT2D eigenvalue weighted by Gasteiger charge is -2.19. The van der Waals surface area contributed by atoms with E-state index in [0.717, 1.165) is 5.56 Å². The van der Waals surface area contributed by atoms with Crippen molar-refractivity contribution in [2.75, 3.05) is 7.11 Å². The van der Waals surface area contributed by atoms with Gasteiger partial charge in [0, 0.05) is 17.5 Å². The van der Waals surface area contributed by atoms with Crippen LogP contribution in [0.5, 0.6) is 5.75 Å². The smallest absolute Gasteiger partial charge is 0.303 e. The summed E-state index contributed by atoms with van der Waals surface area (Å²) in [5.74, 6) is -0.847. The molecule has 0 saturated carbocycles. The number of carboxylic acids is 1. The van der Waals surface area contributed by atoms with Crippen LogP contribution in [0.2, 0.25) is 0 Å². The molecule has 24 heavy (non-hydrogen) atoms. The highest BCUT2D eigenvalue weighted by Gasteiger charge is 2.19. The van der Waals surface area contributed by atoms with Crippen LogP contribution in [-0.4, -0.2) is 23.3 Å². The maximum atomic E-state index is 14.6. The van der Waals surface area contributed by atoms with Crippen molar-refractivity contribution in [1.82, 2.24) is 0 Å². The first-order valence-electron chi connectivity index (χ1n) is 7.64. The fraction of sp³-hybridized carbons (Fsp3) is 0.316. The predicted octanol–water partition coefficient (Wildman–Crippen LogP) is 3.75. The number of aryl methyl sites for hydroxylation is 1. The van der Waals surface area contributed by atoms with E-state index in [0.29, 0.717) is 28.9 Å². The number of hydrogen-bond acceptors (Lipinski definition) is 3. The van der Waals surface area contributed by atoms with Crippen LogP contribution in [-0.2, 0) is 16.8 Å². The van der Waals surface area contributed by atoms with E-state index in [1.165, 1.54) is 13.2 Å². The molecule has 0 fully saturated rings. The van der Waals surface area contributed by atoms with Crippen LogP contribution in [0.3, 0.4) is 0 Å². The quantitative estimate of drug-likeness (QED) is 0.845. The number of carboxylic acid groups (broad SMARTS) is 1. The van der Waals surface area contributed by atoms with E-state index >= 15 is 0 Å². The van der Waals surface area contributed by atoms with Crippen molar-refractivity contribution in [2.24, 2.45) is 0 Å². The molecule has 0 aliphatic rings. The van der Waals surface area contributed by atoms with Crippen molar-refractivity contribution in [2.45, 2.75) is 32.3 Å². The van der Waals surface area contributed by atoms with Gasteiger partial charge in [0.2, 0.25) is 0 Å². The second kappa shape index (κ2) is 7.01. The number of aliphatic carboxylic acids is 1. The summed E-state index contributed by atoms with van der Waals surface area (Å²) < 4.78 is 19.9. The molecular weight excluding hydrogens is 311 g/mol. The summed E-state index contributed by atoms with van der Waals surface area (Å²) in [6.45, 7) is 3.18. The molecule has 2 rings (SSSR count). The van der Waals surface area contributed by atoms with Gasteiger partial charge in [-0.1, -0.05) is 18.2 Å². The van der Waals surface area contributed by atoms with Crippen molar-refractivity contribution in [3.05, 3.63) is 53.3 Å². The Bertz CT molecular complexity index is 748. The summed E-state index contributed by atoms with van der Waals surface area (Å²) >= 11 is 0. The number of hydrogen-bond donors (Lipinski definition) is 2. The van der Waals surface area contributed by atoms with E-state index in [2.05, 4.69) is 0 Å². The Labute approximate surface area is 140 Å². The molecule has 0 spiro atoms. The van der Waals surface area contributed by atoms with Gasteiger partial charge in [0.25, 0.3) is 0 Å². The van der Waals surface area contributed by atoms with Crippen LogP contribution >= 0.6 is 0 Å². The molecule has 128 valence electrons. The van der Waals surface area contributed by atoms with Crippen molar-refractivity contribution >= 4 is 5.97 Å². The molecule has 0 bridgehead atoms. The molecule has 4 nitrogen and oxygen atoms in total. The Balaban J connectivity index is 2.46. The van der Waals surface area contributed by atoms with Crippen LogP contribution in [0.25, 0.3) is 11.1 Å². The van der Waals surface area contributed by atoms with E-state index in [1.807, 2.05) is 0 Å². The van der Waals surface area contributed by atoms with Gasteiger partial charge in [-0.2, -0.15) is 0 Å². The Morgan fingerprint density at radius 1 is 1.17 bits per heavy atom. The predicted molar refractivity (Wildman–Crippen MR) is 89.6 cm³/mol. The van der Waals surface area contributed by atoms with Crippen molar-refractivity contribution in [1.29, 1.82) is 0 Å². The summed E-state index contributed by atoms with van der Waals surface area (Å²) in [5.41, 5.74) is 1.04. The molecule has 2 N–H and O–H groups in total. The lowest BCUT2D eigenvalue weighted by atomic mass is 9.93. The highest BCUT2D eigenvalue weighted by molar-refractivity contribution is 5.72. The molecule has 0 aliphatic carbocycles. The molecule has 0 amide bonds.